The molecule has 0 radical (unpaired) electrons. The SMILES string of the molecule is COc1ccccc1C1=N/C(=C/c2cccc3ccccc23)C(=O)N1c1ccc(O)cc1. The third-order valence-corrected chi connectivity index (χ3v) is 5.43. The molecule has 1 aliphatic rings. The van der Waals surface area contributed by atoms with Gasteiger partial charge in [-0.1, -0.05) is 54.6 Å². The van der Waals surface area contributed by atoms with Gasteiger partial charge in [0.05, 0.1) is 18.4 Å². The van der Waals surface area contributed by atoms with Gasteiger partial charge in [-0.05, 0) is 58.8 Å². The highest BCUT2D eigenvalue weighted by atomic mass is 16.5. The molecular formula is C27H20N2O3. The average Bonchev–Trinajstić information content (AvgIpc) is 3.15. The summed E-state index contributed by atoms with van der Waals surface area (Å²) in [5, 5.41) is 11.9. The Morgan fingerprint density at radius 1 is 0.875 bits per heavy atom. The van der Waals surface area contributed by atoms with Gasteiger partial charge in [0.2, 0.25) is 0 Å². The number of hydrogen-bond acceptors (Lipinski definition) is 4. The van der Waals surface area contributed by atoms with Crippen LogP contribution in [0.5, 0.6) is 11.5 Å². The van der Waals surface area contributed by atoms with Crippen LogP contribution in [0, 0.1) is 0 Å². The van der Waals surface area contributed by atoms with Gasteiger partial charge in [-0.3, -0.25) is 9.69 Å². The number of nitrogens with zero attached hydrogens (tertiary/aromatic N) is 2. The lowest BCUT2D eigenvalue weighted by molar-refractivity contribution is -0.113. The third-order valence-electron chi connectivity index (χ3n) is 5.43. The van der Waals surface area contributed by atoms with Gasteiger partial charge in [0.15, 0.2) is 5.84 Å². The number of carbonyl (C=O) groups is 1. The summed E-state index contributed by atoms with van der Waals surface area (Å²) in [5.41, 5.74) is 2.56. The molecule has 1 amide bonds. The predicted molar refractivity (Wildman–Crippen MR) is 127 cm³/mol. The van der Waals surface area contributed by atoms with Gasteiger partial charge in [-0.15, -0.1) is 0 Å². The Hall–Kier alpha value is -4.38. The topological polar surface area (TPSA) is 62.1 Å². The zero-order valence-corrected chi connectivity index (χ0v) is 17.4. The van der Waals surface area contributed by atoms with Gasteiger partial charge in [-0.25, -0.2) is 4.99 Å². The summed E-state index contributed by atoms with van der Waals surface area (Å²) in [4.78, 5) is 19.8. The third kappa shape index (κ3) is 3.40. The monoisotopic (exact) mass is 420 g/mol. The van der Waals surface area contributed by atoms with Crippen LogP contribution in [0.4, 0.5) is 5.69 Å². The minimum atomic E-state index is -0.246. The summed E-state index contributed by atoms with van der Waals surface area (Å²) < 4.78 is 5.53. The van der Waals surface area contributed by atoms with Crippen LogP contribution in [-0.4, -0.2) is 24.0 Å². The van der Waals surface area contributed by atoms with E-state index >= 15 is 0 Å². The molecule has 1 heterocycles. The smallest absolute Gasteiger partial charge is 0.282 e. The molecular weight excluding hydrogens is 400 g/mol. The van der Waals surface area contributed by atoms with Crippen LogP contribution < -0.4 is 9.64 Å². The number of phenols is 1. The highest BCUT2D eigenvalue weighted by Crippen LogP contribution is 2.32. The number of aliphatic imine (C=N–C) groups is 1. The standard InChI is InChI=1S/C27H20N2O3/c1-32-25-12-5-4-11-23(25)26-28-24(27(31)29(26)20-13-15-21(30)16-14-20)17-19-9-6-8-18-7-2-3-10-22(18)19/h2-17,30H,1H3/b24-17+. The van der Waals surface area contributed by atoms with Crippen molar-refractivity contribution in [2.24, 2.45) is 4.99 Å². The lowest BCUT2D eigenvalue weighted by Crippen LogP contribution is -2.32. The van der Waals surface area contributed by atoms with E-state index in [2.05, 4.69) is 0 Å². The second kappa shape index (κ2) is 8.04. The van der Waals surface area contributed by atoms with Crippen LogP contribution in [0.25, 0.3) is 16.8 Å². The molecule has 0 aromatic heterocycles. The minimum absolute atomic E-state index is 0.127. The van der Waals surface area contributed by atoms with Crippen molar-refractivity contribution in [3.8, 4) is 11.5 Å². The Morgan fingerprint density at radius 3 is 2.41 bits per heavy atom. The number of anilines is 1. The van der Waals surface area contributed by atoms with E-state index in [-0.39, 0.29) is 11.7 Å². The first kappa shape index (κ1) is 19.6. The van der Waals surface area contributed by atoms with Crippen LogP contribution >= 0.6 is 0 Å². The second-order valence-corrected chi connectivity index (χ2v) is 7.39. The lowest BCUT2D eigenvalue weighted by Gasteiger charge is -2.20. The summed E-state index contributed by atoms with van der Waals surface area (Å²) in [6.45, 7) is 0. The molecule has 0 bridgehead atoms. The highest BCUT2D eigenvalue weighted by Gasteiger charge is 2.33. The maximum Gasteiger partial charge on any atom is 0.282 e. The Balaban J connectivity index is 1.69. The second-order valence-electron chi connectivity index (χ2n) is 7.39. The Labute approximate surface area is 185 Å². The van der Waals surface area contributed by atoms with Gasteiger partial charge in [0, 0.05) is 0 Å². The minimum Gasteiger partial charge on any atom is -0.508 e. The number of rotatable bonds is 4. The molecule has 1 aliphatic heterocycles. The van der Waals surface area contributed by atoms with Crippen molar-refractivity contribution in [2.45, 2.75) is 0 Å². The number of phenolic OH excluding ortho intramolecular Hbond substituents is 1. The van der Waals surface area contributed by atoms with E-state index in [9.17, 15) is 9.90 Å². The van der Waals surface area contributed by atoms with Crippen molar-refractivity contribution in [1.29, 1.82) is 0 Å². The molecule has 0 fully saturated rings. The first-order valence-corrected chi connectivity index (χ1v) is 10.2. The van der Waals surface area contributed by atoms with Crippen LogP contribution in [0.1, 0.15) is 11.1 Å². The quantitative estimate of drug-likeness (QED) is 0.451. The molecule has 32 heavy (non-hydrogen) atoms. The largest absolute Gasteiger partial charge is 0.508 e. The van der Waals surface area contributed by atoms with Crippen molar-refractivity contribution in [3.05, 3.63) is 108 Å². The van der Waals surface area contributed by atoms with E-state index in [4.69, 9.17) is 9.73 Å². The molecule has 1 N–H and O–H groups in total. The molecule has 0 saturated heterocycles. The van der Waals surface area contributed by atoms with Crippen LogP contribution in [0.2, 0.25) is 0 Å². The molecule has 0 spiro atoms. The molecule has 0 unspecified atom stereocenters. The van der Waals surface area contributed by atoms with Crippen molar-refractivity contribution in [2.75, 3.05) is 12.0 Å². The molecule has 0 atom stereocenters. The highest BCUT2D eigenvalue weighted by molar-refractivity contribution is 6.33. The Kier molecular flexibility index (Phi) is 4.92. The zero-order valence-electron chi connectivity index (χ0n) is 17.4. The van der Waals surface area contributed by atoms with Crippen molar-refractivity contribution < 1.29 is 14.6 Å². The molecule has 4 aromatic rings. The Bertz CT molecular complexity index is 1380. The fourth-order valence-electron chi connectivity index (χ4n) is 3.89. The number of ether oxygens (including phenoxy) is 1. The summed E-state index contributed by atoms with van der Waals surface area (Å²) in [5.74, 6) is 0.978. The van der Waals surface area contributed by atoms with E-state index in [0.717, 1.165) is 16.3 Å². The summed E-state index contributed by atoms with van der Waals surface area (Å²) in [6.07, 6.45) is 1.82. The molecule has 5 nitrogen and oxygen atoms in total. The number of amides is 1. The molecule has 0 aliphatic carbocycles. The normalized spacial score (nSPS) is 14.8. The van der Waals surface area contributed by atoms with Crippen LogP contribution in [0.15, 0.2) is 102 Å². The molecule has 0 saturated carbocycles. The number of aromatic hydroxyl groups is 1. The number of methoxy groups -OCH3 is 1. The van der Waals surface area contributed by atoms with Crippen LogP contribution in [-0.2, 0) is 4.79 Å². The number of hydrogen-bond donors (Lipinski definition) is 1. The summed E-state index contributed by atoms with van der Waals surface area (Å²) in [6, 6.07) is 28.0. The number of amidine groups is 1. The zero-order chi connectivity index (χ0) is 22.1. The van der Waals surface area contributed by atoms with Crippen molar-refractivity contribution >= 4 is 34.3 Å². The number of benzene rings is 4. The van der Waals surface area contributed by atoms with E-state index in [1.54, 1.807) is 36.3 Å². The average molecular weight is 420 g/mol. The first-order chi connectivity index (χ1) is 15.7. The number of carbonyl (C=O) groups excluding carboxylic acids is 1. The van der Waals surface area contributed by atoms with Crippen molar-refractivity contribution in [3.63, 3.8) is 0 Å². The van der Waals surface area contributed by atoms with Gasteiger partial charge < -0.3 is 9.84 Å². The molecule has 156 valence electrons. The van der Waals surface area contributed by atoms with Gasteiger partial charge in [-0.2, -0.15) is 0 Å². The summed E-state index contributed by atoms with van der Waals surface area (Å²) in [7, 11) is 1.59. The van der Waals surface area contributed by atoms with Gasteiger partial charge in [0.25, 0.3) is 5.91 Å². The fraction of sp³-hybridized carbons (Fsp3) is 0.0370. The maximum absolute atomic E-state index is 13.6. The number of para-hydroxylation sites is 1. The van der Waals surface area contributed by atoms with E-state index in [0.29, 0.717) is 28.5 Å². The summed E-state index contributed by atoms with van der Waals surface area (Å²) >= 11 is 0. The number of fused-ring (bicyclic) bond motifs is 1. The van der Waals surface area contributed by atoms with Gasteiger partial charge in [0.1, 0.15) is 17.2 Å². The molecule has 4 aromatic carbocycles. The predicted octanol–water partition coefficient (Wildman–Crippen LogP) is 5.39. The lowest BCUT2D eigenvalue weighted by atomic mass is 10.0. The van der Waals surface area contributed by atoms with E-state index < -0.39 is 0 Å². The first-order valence-electron chi connectivity index (χ1n) is 10.2. The van der Waals surface area contributed by atoms with Crippen molar-refractivity contribution in [1.82, 2.24) is 0 Å². The fourth-order valence-corrected chi connectivity index (χ4v) is 3.89. The van der Waals surface area contributed by atoms with Crippen LogP contribution in [0.3, 0.4) is 0 Å². The Morgan fingerprint density at radius 2 is 1.59 bits per heavy atom. The molecule has 5 rings (SSSR count). The van der Waals surface area contributed by atoms with E-state index in [1.807, 2.05) is 72.8 Å². The van der Waals surface area contributed by atoms with Gasteiger partial charge >= 0.3 is 0 Å². The maximum atomic E-state index is 13.6. The molecule has 5 heteroatoms. The van der Waals surface area contributed by atoms with E-state index in [1.165, 1.54) is 0 Å².